The van der Waals surface area contributed by atoms with Crippen molar-refractivity contribution in [3.63, 3.8) is 0 Å². The minimum atomic E-state index is -0.643. The zero-order chi connectivity index (χ0) is 15.6. The largest absolute Gasteiger partial charge is 0.366 e. The summed E-state index contributed by atoms with van der Waals surface area (Å²) in [5.41, 5.74) is 2.75. The first-order valence-corrected chi connectivity index (χ1v) is 7.95. The van der Waals surface area contributed by atoms with Crippen LogP contribution in [0, 0.1) is 0 Å². The molecule has 0 unspecified atom stereocenters. The van der Waals surface area contributed by atoms with Crippen LogP contribution in [-0.4, -0.2) is 31.8 Å². The van der Waals surface area contributed by atoms with E-state index in [9.17, 15) is 4.39 Å². The van der Waals surface area contributed by atoms with Gasteiger partial charge in [-0.3, -0.25) is 4.98 Å². The van der Waals surface area contributed by atoms with Crippen molar-refractivity contribution < 1.29 is 4.39 Å². The molecule has 0 atom stereocenters. The summed E-state index contributed by atoms with van der Waals surface area (Å²) in [4.78, 5) is 8.44. The van der Waals surface area contributed by atoms with Gasteiger partial charge in [-0.1, -0.05) is 0 Å². The molecule has 1 saturated carbocycles. The lowest BCUT2D eigenvalue weighted by molar-refractivity contribution is 0.241. The van der Waals surface area contributed by atoms with Crippen LogP contribution in [0.1, 0.15) is 25.7 Å². The average Bonchev–Trinajstić information content (AvgIpc) is 3.01. The molecule has 0 bridgehead atoms. The first-order valence-electron chi connectivity index (χ1n) is 7.95. The smallest absolute Gasteiger partial charge is 0.154 e. The normalized spacial score (nSPS) is 21.4. The van der Waals surface area contributed by atoms with Gasteiger partial charge in [-0.2, -0.15) is 0 Å². The fourth-order valence-electron chi connectivity index (χ4n) is 3.08. The Morgan fingerprint density at radius 1 is 1.04 bits per heavy atom. The van der Waals surface area contributed by atoms with Crippen LogP contribution < -0.4 is 5.32 Å². The van der Waals surface area contributed by atoms with Gasteiger partial charge in [-0.05, 0) is 49.9 Å². The molecule has 3 aromatic heterocycles. The molecule has 1 aliphatic rings. The maximum atomic E-state index is 13.2. The van der Waals surface area contributed by atoms with Crippen molar-refractivity contribution in [2.24, 2.45) is 0 Å². The number of nitrogens with zero attached hydrogens (tertiary/aromatic N) is 4. The molecule has 0 saturated heterocycles. The third-order valence-corrected chi connectivity index (χ3v) is 4.35. The van der Waals surface area contributed by atoms with Crippen LogP contribution >= 0.6 is 0 Å². The van der Waals surface area contributed by atoms with Gasteiger partial charge in [-0.15, -0.1) is 5.10 Å². The maximum absolute atomic E-state index is 13.2. The van der Waals surface area contributed by atoms with E-state index in [0.29, 0.717) is 18.9 Å². The van der Waals surface area contributed by atoms with E-state index in [1.807, 2.05) is 35.0 Å². The van der Waals surface area contributed by atoms with E-state index in [1.54, 1.807) is 12.4 Å². The van der Waals surface area contributed by atoms with Gasteiger partial charge in [-0.25, -0.2) is 13.9 Å². The molecule has 3 aromatic rings. The molecular weight excluding hydrogens is 293 g/mol. The van der Waals surface area contributed by atoms with E-state index in [0.717, 1.165) is 35.6 Å². The second-order valence-electron chi connectivity index (χ2n) is 5.96. The van der Waals surface area contributed by atoms with E-state index in [-0.39, 0.29) is 0 Å². The number of alkyl halides is 1. The van der Waals surface area contributed by atoms with Crippen molar-refractivity contribution in [3.8, 4) is 11.3 Å². The van der Waals surface area contributed by atoms with E-state index in [2.05, 4.69) is 20.4 Å². The van der Waals surface area contributed by atoms with Gasteiger partial charge < -0.3 is 5.32 Å². The summed E-state index contributed by atoms with van der Waals surface area (Å²) in [5.74, 6) is 0.799. The van der Waals surface area contributed by atoms with E-state index < -0.39 is 6.17 Å². The zero-order valence-electron chi connectivity index (χ0n) is 12.7. The minimum absolute atomic E-state index is 0.292. The number of fused-ring (bicyclic) bond motifs is 1. The molecule has 23 heavy (non-hydrogen) atoms. The van der Waals surface area contributed by atoms with Crippen molar-refractivity contribution in [2.75, 3.05) is 5.32 Å². The second-order valence-corrected chi connectivity index (χ2v) is 5.96. The molecule has 1 fully saturated rings. The summed E-state index contributed by atoms with van der Waals surface area (Å²) in [6.07, 6.45) is 7.65. The van der Waals surface area contributed by atoms with Crippen LogP contribution in [0.25, 0.3) is 16.9 Å². The van der Waals surface area contributed by atoms with Crippen LogP contribution in [0.2, 0.25) is 0 Å². The minimum Gasteiger partial charge on any atom is -0.366 e. The fraction of sp³-hybridized carbons (Fsp3) is 0.353. The number of pyridine rings is 1. The summed E-state index contributed by atoms with van der Waals surface area (Å²) in [6, 6.07) is 8.04. The summed E-state index contributed by atoms with van der Waals surface area (Å²) in [5, 5.41) is 8.08. The van der Waals surface area contributed by atoms with E-state index in [4.69, 9.17) is 0 Å². The molecule has 6 heteroatoms. The van der Waals surface area contributed by atoms with Gasteiger partial charge in [0.25, 0.3) is 0 Å². The number of hydrogen-bond donors (Lipinski definition) is 1. The second kappa shape index (κ2) is 5.95. The van der Waals surface area contributed by atoms with Crippen LogP contribution in [0.15, 0.2) is 42.9 Å². The Bertz CT molecular complexity index is 793. The molecule has 0 amide bonds. The number of anilines is 1. The lowest BCUT2D eigenvalue weighted by Gasteiger charge is -2.25. The molecule has 4 rings (SSSR count). The Balaban J connectivity index is 1.62. The number of aromatic nitrogens is 4. The molecule has 118 valence electrons. The number of rotatable bonds is 3. The molecule has 1 N–H and O–H groups in total. The van der Waals surface area contributed by atoms with E-state index in [1.165, 1.54) is 0 Å². The lowest BCUT2D eigenvalue weighted by Crippen LogP contribution is -2.27. The average molecular weight is 311 g/mol. The topological polar surface area (TPSA) is 55.1 Å². The van der Waals surface area contributed by atoms with Gasteiger partial charge in [0.15, 0.2) is 5.65 Å². The third-order valence-electron chi connectivity index (χ3n) is 4.35. The van der Waals surface area contributed by atoms with Crippen molar-refractivity contribution in [1.82, 2.24) is 19.6 Å². The number of nitrogens with one attached hydrogen (secondary N) is 1. The van der Waals surface area contributed by atoms with Crippen molar-refractivity contribution in [1.29, 1.82) is 0 Å². The monoisotopic (exact) mass is 311 g/mol. The Hall–Kier alpha value is -2.50. The molecule has 3 heterocycles. The number of halogens is 1. The maximum Gasteiger partial charge on any atom is 0.154 e. The first kappa shape index (κ1) is 14.1. The zero-order valence-corrected chi connectivity index (χ0v) is 12.7. The molecule has 0 aromatic carbocycles. The van der Waals surface area contributed by atoms with Gasteiger partial charge in [0.05, 0.1) is 11.9 Å². The Morgan fingerprint density at radius 2 is 1.83 bits per heavy atom. The molecular formula is C17H18FN5. The van der Waals surface area contributed by atoms with Crippen molar-refractivity contribution in [3.05, 3.63) is 42.9 Å². The predicted molar refractivity (Wildman–Crippen MR) is 87.0 cm³/mol. The molecule has 0 spiro atoms. The first-order chi connectivity index (χ1) is 11.3. The highest BCUT2D eigenvalue weighted by atomic mass is 19.1. The van der Waals surface area contributed by atoms with Gasteiger partial charge in [0, 0.05) is 24.0 Å². The molecule has 5 nitrogen and oxygen atoms in total. The molecule has 1 aliphatic carbocycles. The SMILES string of the molecule is F[C@H]1CC[C@@H](Nc2ccc3ncc(-c4ccncc4)n3n2)CC1. The summed E-state index contributed by atoms with van der Waals surface area (Å²) < 4.78 is 15.1. The number of hydrogen-bond acceptors (Lipinski definition) is 4. The highest BCUT2D eigenvalue weighted by molar-refractivity contribution is 5.63. The lowest BCUT2D eigenvalue weighted by atomic mass is 9.94. The fourth-order valence-corrected chi connectivity index (χ4v) is 3.08. The number of imidazole rings is 1. The van der Waals surface area contributed by atoms with Crippen LogP contribution in [0.5, 0.6) is 0 Å². The van der Waals surface area contributed by atoms with Crippen LogP contribution in [-0.2, 0) is 0 Å². The molecule has 0 aliphatic heterocycles. The van der Waals surface area contributed by atoms with E-state index >= 15 is 0 Å². The van der Waals surface area contributed by atoms with Crippen LogP contribution in [0.4, 0.5) is 10.2 Å². The Labute approximate surface area is 133 Å². The van der Waals surface area contributed by atoms with Crippen molar-refractivity contribution >= 4 is 11.5 Å². The Morgan fingerprint density at radius 3 is 2.61 bits per heavy atom. The quantitative estimate of drug-likeness (QED) is 0.804. The van der Waals surface area contributed by atoms with Crippen molar-refractivity contribution in [2.45, 2.75) is 37.9 Å². The van der Waals surface area contributed by atoms with Crippen LogP contribution in [0.3, 0.4) is 0 Å². The summed E-state index contributed by atoms with van der Waals surface area (Å²) >= 11 is 0. The standard InChI is InChI=1S/C17H18FN5/c18-13-1-3-14(4-2-13)21-16-5-6-17-20-11-15(23(17)22-16)12-7-9-19-10-8-12/h5-11,13-14H,1-4H2,(H,21,22)/t13-,14+. The summed E-state index contributed by atoms with van der Waals surface area (Å²) in [7, 11) is 0. The highest BCUT2D eigenvalue weighted by Gasteiger charge is 2.20. The predicted octanol–water partition coefficient (Wildman–Crippen LogP) is 3.48. The van der Waals surface area contributed by atoms with Gasteiger partial charge in [0.1, 0.15) is 12.0 Å². The van der Waals surface area contributed by atoms with Gasteiger partial charge in [0.2, 0.25) is 0 Å². The highest BCUT2D eigenvalue weighted by Crippen LogP contribution is 2.24. The van der Waals surface area contributed by atoms with Gasteiger partial charge >= 0.3 is 0 Å². The Kier molecular flexibility index (Phi) is 3.65. The molecule has 0 radical (unpaired) electrons. The third kappa shape index (κ3) is 2.88. The summed E-state index contributed by atoms with van der Waals surface area (Å²) in [6.45, 7) is 0.